The fourth-order valence-electron chi connectivity index (χ4n) is 4.12. The second-order valence-corrected chi connectivity index (χ2v) is 7.49. The number of aryl methyl sites for hydroxylation is 1. The summed E-state index contributed by atoms with van der Waals surface area (Å²) in [6, 6.07) is 5.45. The Bertz CT molecular complexity index is 949. The number of nitrogens with zero attached hydrogens (tertiary/aromatic N) is 2. The van der Waals surface area contributed by atoms with Crippen molar-refractivity contribution in [2.24, 2.45) is 7.05 Å². The van der Waals surface area contributed by atoms with E-state index in [4.69, 9.17) is 23.2 Å². The number of hydrogen-bond donors (Lipinski definition) is 1. The smallest absolute Gasteiger partial charge is 0.340 e. The van der Waals surface area contributed by atoms with Gasteiger partial charge >= 0.3 is 5.97 Å². The second kappa shape index (κ2) is 7.24. The van der Waals surface area contributed by atoms with Crippen molar-refractivity contribution in [3.8, 4) is 11.3 Å². The fraction of sp³-hybridized carbons (Fsp3) is 0.368. The first-order valence-corrected chi connectivity index (χ1v) is 9.22. The molecule has 2 atom stereocenters. The van der Waals surface area contributed by atoms with Gasteiger partial charge in [-0.25, -0.2) is 13.6 Å². The van der Waals surface area contributed by atoms with Gasteiger partial charge in [0.25, 0.3) is 6.43 Å². The minimum atomic E-state index is -2.98. The number of alkyl halides is 2. The van der Waals surface area contributed by atoms with Gasteiger partial charge in [0.05, 0.1) is 5.69 Å². The van der Waals surface area contributed by atoms with E-state index in [-0.39, 0.29) is 22.0 Å². The minimum absolute atomic E-state index is 0.0500. The number of benzene rings is 1. The third kappa shape index (κ3) is 3.05. The van der Waals surface area contributed by atoms with Crippen molar-refractivity contribution in [3.63, 3.8) is 0 Å². The summed E-state index contributed by atoms with van der Waals surface area (Å²) in [5.74, 6) is -1.61. The maximum atomic E-state index is 13.4. The Kier molecular flexibility index (Phi) is 5.32. The van der Waals surface area contributed by atoms with Gasteiger partial charge in [0.15, 0.2) is 0 Å². The van der Waals surface area contributed by atoms with Crippen LogP contribution in [0.15, 0.2) is 28.3 Å². The molecule has 1 aromatic heterocycles. The molecule has 2 aromatic rings. The average Bonchev–Trinajstić information content (AvgIpc) is 3.10. The molecular weight excluding hydrogens is 397 g/mol. The summed E-state index contributed by atoms with van der Waals surface area (Å²) >= 11 is 12.3. The first-order chi connectivity index (χ1) is 12.7. The highest BCUT2D eigenvalue weighted by Gasteiger charge is 2.38. The third-order valence-corrected chi connectivity index (χ3v) is 5.61. The molecule has 1 heterocycles. The molecule has 0 bridgehead atoms. The van der Waals surface area contributed by atoms with Gasteiger partial charge in [-0.2, -0.15) is 5.10 Å². The summed E-state index contributed by atoms with van der Waals surface area (Å²) in [6.45, 7) is 3.95. The van der Waals surface area contributed by atoms with E-state index in [1.807, 2.05) is 19.9 Å². The molecule has 0 saturated carbocycles. The van der Waals surface area contributed by atoms with E-state index in [1.54, 1.807) is 12.1 Å². The zero-order valence-corrected chi connectivity index (χ0v) is 16.4. The van der Waals surface area contributed by atoms with E-state index >= 15 is 0 Å². The van der Waals surface area contributed by atoms with Crippen LogP contribution in [0.2, 0.25) is 0 Å². The number of aromatic carboxylic acids is 1. The summed E-state index contributed by atoms with van der Waals surface area (Å²) in [7, 11) is 1.47. The van der Waals surface area contributed by atoms with Crippen molar-refractivity contribution in [1.82, 2.24) is 9.78 Å². The molecule has 0 saturated heterocycles. The lowest BCUT2D eigenvalue weighted by atomic mass is 9.89. The van der Waals surface area contributed by atoms with Crippen LogP contribution < -0.4 is 0 Å². The van der Waals surface area contributed by atoms with Gasteiger partial charge in [-0.15, -0.1) is 0 Å². The number of allylic oxidation sites excluding steroid dienone is 1. The first-order valence-electron chi connectivity index (χ1n) is 8.47. The van der Waals surface area contributed by atoms with E-state index in [9.17, 15) is 18.7 Å². The van der Waals surface area contributed by atoms with Gasteiger partial charge in [0.1, 0.15) is 15.7 Å². The van der Waals surface area contributed by atoms with Crippen LogP contribution in [0.1, 0.15) is 65.7 Å². The molecule has 144 valence electrons. The molecule has 0 spiro atoms. The molecule has 2 unspecified atom stereocenters. The van der Waals surface area contributed by atoms with Gasteiger partial charge in [-0.3, -0.25) is 4.68 Å². The Morgan fingerprint density at radius 2 is 2.04 bits per heavy atom. The Hall–Kier alpha value is -1.92. The summed E-state index contributed by atoms with van der Waals surface area (Å²) in [5.41, 5.74) is 2.20. The largest absolute Gasteiger partial charge is 0.478 e. The van der Waals surface area contributed by atoms with Crippen LogP contribution in [-0.4, -0.2) is 20.9 Å². The van der Waals surface area contributed by atoms with E-state index in [1.165, 1.54) is 11.7 Å². The zero-order valence-electron chi connectivity index (χ0n) is 14.9. The lowest BCUT2D eigenvalue weighted by Crippen LogP contribution is -2.06. The SMILES string of the molecule is CCC1C(=C(Cl)Cl)C(C)c2cccc(-c3c(C(=O)O)c(C(F)F)nn3C)c21. The number of halogens is 4. The van der Waals surface area contributed by atoms with Crippen LogP contribution in [-0.2, 0) is 7.05 Å². The first kappa shape index (κ1) is 19.8. The van der Waals surface area contributed by atoms with E-state index in [0.29, 0.717) is 12.0 Å². The maximum Gasteiger partial charge on any atom is 0.340 e. The van der Waals surface area contributed by atoms with Crippen LogP contribution in [0, 0.1) is 0 Å². The van der Waals surface area contributed by atoms with Crippen molar-refractivity contribution < 1.29 is 18.7 Å². The van der Waals surface area contributed by atoms with Crippen molar-refractivity contribution in [3.05, 3.63) is 50.6 Å². The summed E-state index contributed by atoms with van der Waals surface area (Å²) in [5, 5.41) is 13.4. The summed E-state index contributed by atoms with van der Waals surface area (Å²) < 4.78 is 28.1. The average molecular weight is 415 g/mol. The normalized spacial score (nSPS) is 18.9. The molecule has 0 fully saturated rings. The molecule has 0 radical (unpaired) electrons. The molecule has 1 aliphatic carbocycles. The molecule has 1 aliphatic rings. The quantitative estimate of drug-likeness (QED) is 0.664. The molecule has 1 N–H and O–H groups in total. The number of carboxylic acid groups (broad SMARTS) is 1. The molecular formula is C19H18Cl2F2N2O2. The Balaban J connectivity index is 2.36. The molecule has 1 aromatic carbocycles. The highest BCUT2D eigenvalue weighted by atomic mass is 35.5. The molecule has 0 aliphatic heterocycles. The van der Waals surface area contributed by atoms with Crippen LogP contribution in [0.25, 0.3) is 11.3 Å². The molecule has 27 heavy (non-hydrogen) atoms. The van der Waals surface area contributed by atoms with Gasteiger partial charge < -0.3 is 5.11 Å². The molecule has 0 amide bonds. The van der Waals surface area contributed by atoms with E-state index in [0.717, 1.165) is 16.7 Å². The van der Waals surface area contributed by atoms with Gasteiger partial charge in [0, 0.05) is 24.4 Å². The summed E-state index contributed by atoms with van der Waals surface area (Å²) in [4.78, 5) is 11.8. The molecule has 3 rings (SSSR count). The lowest BCUT2D eigenvalue weighted by Gasteiger charge is -2.17. The lowest BCUT2D eigenvalue weighted by molar-refractivity contribution is 0.0685. The molecule has 8 heteroatoms. The Morgan fingerprint density at radius 1 is 1.37 bits per heavy atom. The number of rotatable bonds is 4. The van der Waals surface area contributed by atoms with Crippen molar-refractivity contribution in [2.45, 2.75) is 38.5 Å². The molecule has 4 nitrogen and oxygen atoms in total. The zero-order chi connectivity index (χ0) is 20.0. The third-order valence-electron chi connectivity index (χ3n) is 5.17. The van der Waals surface area contributed by atoms with Crippen molar-refractivity contribution in [1.29, 1.82) is 0 Å². The number of aromatic nitrogens is 2. The van der Waals surface area contributed by atoms with Crippen molar-refractivity contribution >= 4 is 29.2 Å². The van der Waals surface area contributed by atoms with E-state index < -0.39 is 23.7 Å². The standard InChI is InChI=1S/C19H18Cl2F2N2O2/c1-4-9-12(17(20)21)8(2)10-6-5-7-11(13(9)10)16-14(19(26)27)15(18(22)23)24-25(16)3/h5-9,18H,4H2,1-3H3,(H,26,27). The fourth-order valence-corrected chi connectivity index (χ4v) is 4.71. The van der Waals surface area contributed by atoms with Gasteiger partial charge in [0.2, 0.25) is 0 Å². The Morgan fingerprint density at radius 3 is 2.56 bits per heavy atom. The number of carbonyl (C=O) groups is 1. The van der Waals surface area contributed by atoms with Gasteiger partial charge in [-0.1, -0.05) is 55.2 Å². The predicted octanol–water partition coefficient (Wildman–Crippen LogP) is 6.02. The summed E-state index contributed by atoms with van der Waals surface area (Å²) in [6.07, 6.45) is -2.30. The highest BCUT2D eigenvalue weighted by Crippen LogP contribution is 2.53. The van der Waals surface area contributed by atoms with Gasteiger partial charge in [-0.05, 0) is 23.1 Å². The van der Waals surface area contributed by atoms with Crippen LogP contribution in [0.5, 0.6) is 0 Å². The minimum Gasteiger partial charge on any atom is -0.478 e. The maximum absolute atomic E-state index is 13.4. The number of hydrogen-bond acceptors (Lipinski definition) is 2. The van der Waals surface area contributed by atoms with E-state index in [2.05, 4.69) is 5.10 Å². The predicted molar refractivity (Wildman–Crippen MR) is 101 cm³/mol. The Labute approximate surface area is 165 Å². The van der Waals surface area contributed by atoms with Crippen LogP contribution in [0.4, 0.5) is 8.78 Å². The van der Waals surface area contributed by atoms with Crippen LogP contribution in [0.3, 0.4) is 0 Å². The monoisotopic (exact) mass is 414 g/mol. The number of fused-ring (bicyclic) bond motifs is 1. The second-order valence-electron chi connectivity index (χ2n) is 6.55. The number of carboxylic acids is 1. The highest BCUT2D eigenvalue weighted by molar-refractivity contribution is 6.56. The topological polar surface area (TPSA) is 55.1 Å². The van der Waals surface area contributed by atoms with Crippen LogP contribution >= 0.6 is 23.2 Å². The van der Waals surface area contributed by atoms with Crippen molar-refractivity contribution in [2.75, 3.05) is 0 Å².